The molecule has 0 aliphatic rings. The number of aromatic nitrogens is 3. The largest absolute Gasteiger partial charge is 0.380 e. The number of hydrogen-bond acceptors (Lipinski definition) is 5. The SMILES string of the molecule is Cn1cnnc1SCCOCCS. The molecule has 13 heavy (non-hydrogen) atoms. The van der Waals surface area contributed by atoms with Crippen molar-refractivity contribution in [2.45, 2.75) is 5.16 Å². The van der Waals surface area contributed by atoms with Crippen molar-refractivity contribution in [3.05, 3.63) is 6.33 Å². The van der Waals surface area contributed by atoms with Crippen LogP contribution in [0.25, 0.3) is 0 Å². The zero-order chi connectivity index (χ0) is 9.52. The van der Waals surface area contributed by atoms with Crippen molar-refractivity contribution < 1.29 is 4.74 Å². The summed E-state index contributed by atoms with van der Waals surface area (Å²) in [7, 11) is 1.93. The van der Waals surface area contributed by atoms with Crippen molar-refractivity contribution in [3.63, 3.8) is 0 Å². The number of rotatable bonds is 6. The fourth-order valence-corrected chi connectivity index (χ4v) is 1.63. The highest BCUT2D eigenvalue weighted by Gasteiger charge is 1.99. The molecule has 74 valence electrons. The quantitative estimate of drug-likeness (QED) is 0.437. The maximum Gasteiger partial charge on any atom is 0.190 e. The summed E-state index contributed by atoms with van der Waals surface area (Å²) in [6.07, 6.45) is 1.69. The first-order chi connectivity index (χ1) is 6.34. The van der Waals surface area contributed by atoms with Gasteiger partial charge in [0, 0.05) is 18.6 Å². The van der Waals surface area contributed by atoms with Crippen molar-refractivity contribution in [2.75, 3.05) is 24.7 Å². The van der Waals surface area contributed by atoms with Crippen molar-refractivity contribution in [1.29, 1.82) is 0 Å². The van der Waals surface area contributed by atoms with E-state index in [1.165, 1.54) is 0 Å². The van der Waals surface area contributed by atoms with E-state index in [9.17, 15) is 0 Å². The van der Waals surface area contributed by atoms with Gasteiger partial charge in [-0.05, 0) is 0 Å². The standard InChI is InChI=1S/C7H13N3OS2/c1-10-6-8-9-7(10)13-5-3-11-2-4-12/h6,12H,2-5H2,1H3. The first-order valence-corrected chi connectivity index (χ1v) is 5.62. The van der Waals surface area contributed by atoms with Crippen LogP contribution in [0.15, 0.2) is 11.5 Å². The van der Waals surface area contributed by atoms with Gasteiger partial charge < -0.3 is 9.30 Å². The molecule has 0 aromatic carbocycles. The predicted octanol–water partition coefficient (Wildman–Crippen LogP) is 0.854. The van der Waals surface area contributed by atoms with Crippen molar-refractivity contribution in [2.24, 2.45) is 7.05 Å². The molecule has 0 spiro atoms. The summed E-state index contributed by atoms with van der Waals surface area (Å²) >= 11 is 5.68. The molecule has 4 nitrogen and oxygen atoms in total. The number of ether oxygens (including phenoxy) is 1. The number of aryl methyl sites for hydroxylation is 1. The summed E-state index contributed by atoms with van der Waals surface area (Å²) in [5, 5.41) is 8.64. The third-order valence-electron chi connectivity index (χ3n) is 1.36. The molecule has 0 atom stereocenters. The van der Waals surface area contributed by atoms with Crippen LogP contribution in [0, 0.1) is 0 Å². The Bertz CT molecular complexity index is 241. The Morgan fingerprint density at radius 1 is 1.62 bits per heavy atom. The Hall–Kier alpha value is -0.200. The number of thiol groups is 1. The third kappa shape index (κ3) is 4.02. The predicted molar refractivity (Wildman–Crippen MR) is 56.4 cm³/mol. The second-order valence-electron chi connectivity index (χ2n) is 2.41. The van der Waals surface area contributed by atoms with Gasteiger partial charge in [-0.25, -0.2) is 0 Å². The van der Waals surface area contributed by atoms with Crippen LogP contribution in [-0.2, 0) is 11.8 Å². The first-order valence-electron chi connectivity index (χ1n) is 4.00. The minimum absolute atomic E-state index is 0.711. The number of hydrogen-bond donors (Lipinski definition) is 1. The normalized spacial score (nSPS) is 10.6. The van der Waals surface area contributed by atoms with Gasteiger partial charge in [0.2, 0.25) is 0 Å². The molecule has 1 rings (SSSR count). The maximum atomic E-state index is 5.27. The minimum atomic E-state index is 0.711. The van der Waals surface area contributed by atoms with Crippen molar-refractivity contribution >= 4 is 24.4 Å². The van der Waals surface area contributed by atoms with Gasteiger partial charge >= 0.3 is 0 Å². The van der Waals surface area contributed by atoms with Gasteiger partial charge in [0.25, 0.3) is 0 Å². The molecule has 1 aromatic heterocycles. The highest BCUT2D eigenvalue weighted by molar-refractivity contribution is 7.99. The van der Waals surface area contributed by atoms with Crippen LogP contribution < -0.4 is 0 Å². The summed E-state index contributed by atoms with van der Waals surface area (Å²) in [6, 6.07) is 0. The molecule has 1 heterocycles. The Morgan fingerprint density at radius 2 is 2.46 bits per heavy atom. The minimum Gasteiger partial charge on any atom is -0.380 e. The van der Waals surface area contributed by atoms with Gasteiger partial charge in [-0.2, -0.15) is 12.6 Å². The lowest BCUT2D eigenvalue weighted by Gasteiger charge is -2.01. The van der Waals surface area contributed by atoms with E-state index < -0.39 is 0 Å². The highest BCUT2D eigenvalue weighted by Crippen LogP contribution is 2.12. The average Bonchev–Trinajstić information content (AvgIpc) is 2.52. The van der Waals surface area contributed by atoms with Gasteiger partial charge in [-0.15, -0.1) is 10.2 Å². The molecule has 0 fully saturated rings. The average molecular weight is 219 g/mol. The van der Waals surface area contributed by atoms with Gasteiger partial charge in [-0.3, -0.25) is 0 Å². The molecular weight excluding hydrogens is 206 g/mol. The second-order valence-corrected chi connectivity index (χ2v) is 3.92. The van der Waals surface area contributed by atoms with Gasteiger partial charge in [0.05, 0.1) is 13.2 Å². The molecule has 0 aliphatic heterocycles. The Kier molecular flexibility index (Phi) is 5.26. The van der Waals surface area contributed by atoms with Gasteiger partial charge in [-0.1, -0.05) is 11.8 Å². The Balaban J connectivity index is 2.10. The summed E-state index contributed by atoms with van der Waals surface area (Å²) < 4.78 is 7.16. The molecule has 6 heteroatoms. The van der Waals surface area contributed by atoms with E-state index in [1.807, 2.05) is 11.6 Å². The van der Waals surface area contributed by atoms with Crippen LogP contribution >= 0.6 is 24.4 Å². The summed E-state index contributed by atoms with van der Waals surface area (Å²) in [4.78, 5) is 0. The molecule has 0 unspecified atom stereocenters. The molecule has 1 aromatic rings. The first kappa shape index (κ1) is 10.9. The van der Waals surface area contributed by atoms with Crippen LogP contribution in [0.2, 0.25) is 0 Å². The third-order valence-corrected chi connectivity index (χ3v) is 2.55. The molecule has 0 bridgehead atoms. The summed E-state index contributed by atoms with van der Waals surface area (Å²) in [5.41, 5.74) is 0. The zero-order valence-corrected chi connectivity index (χ0v) is 9.22. The van der Waals surface area contributed by atoms with E-state index in [0.717, 1.165) is 23.3 Å². The van der Waals surface area contributed by atoms with E-state index >= 15 is 0 Å². The van der Waals surface area contributed by atoms with E-state index in [2.05, 4.69) is 22.8 Å². The van der Waals surface area contributed by atoms with Crippen LogP contribution in [0.1, 0.15) is 0 Å². The molecular formula is C7H13N3OS2. The molecule has 0 aliphatic carbocycles. The Morgan fingerprint density at radius 3 is 3.08 bits per heavy atom. The fourth-order valence-electron chi connectivity index (χ4n) is 0.762. The topological polar surface area (TPSA) is 39.9 Å². The van der Waals surface area contributed by atoms with Crippen LogP contribution in [-0.4, -0.2) is 39.5 Å². The van der Waals surface area contributed by atoms with E-state index in [-0.39, 0.29) is 0 Å². The summed E-state index contributed by atoms with van der Waals surface area (Å²) in [6.45, 7) is 1.45. The van der Waals surface area contributed by atoms with Crippen molar-refractivity contribution in [3.8, 4) is 0 Å². The van der Waals surface area contributed by atoms with E-state index in [1.54, 1.807) is 18.1 Å². The van der Waals surface area contributed by atoms with Crippen LogP contribution in [0.5, 0.6) is 0 Å². The van der Waals surface area contributed by atoms with Crippen molar-refractivity contribution in [1.82, 2.24) is 14.8 Å². The number of thioether (sulfide) groups is 1. The lowest BCUT2D eigenvalue weighted by atomic mass is 10.8. The highest BCUT2D eigenvalue weighted by atomic mass is 32.2. The Labute approximate surface area is 87.5 Å². The van der Waals surface area contributed by atoms with E-state index in [4.69, 9.17) is 4.74 Å². The smallest absolute Gasteiger partial charge is 0.190 e. The van der Waals surface area contributed by atoms with Gasteiger partial charge in [0.15, 0.2) is 5.16 Å². The maximum absolute atomic E-state index is 5.27. The monoisotopic (exact) mass is 219 g/mol. The molecule has 0 saturated carbocycles. The molecule has 0 saturated heterocycles. The fraction of sp³-hybridized carbons (Fsp3) is 0.714. The number of nitrogens with zero attached hydrogens (tertiary/aromatic N) is 3. The molecule has 0 N–H and O–H groups in total. The second kappa shape index (κ2) is 6.28. The summed E-state index contributed by atoms with van der Waals surface area (Å²) in [5.74, 6) is 1.68. The van der Waals surface area contributed by atoms with Crippen LogP contribution in [0.3, 0.4) is 0 Å². The van der Waals surface area contributed by atoms with Crippen LogP contribution in [0.4, 0.5) is 0 Å². The lowest BCUT2D eigenvalue weighted by Crippen LogP contribution is -2.01. The molecule has 0 amide bonds. The lowest BCUT2D eigenvalue weighted by molar-refractivity contribution is 0.167. The van der Waals surface area contributed by atoms with E-state index in [0.29, 0.717) is 6.61 Å². The van der Waals surface area contributed by atoms with Gasteiger partial charge in [0.1, 0.15) is 6.33 Å². The zero-order valence-electron chi connectivity index (χ0n) is 7.51. The molecule has 0 radical (unpaired) electrons.